The number of carbonyl (C=O) groups excluding carboxylic acids is 1. The number of aromatic nitrogens is 2. The van der Waals surface area contributed by atoms with Crippen molar-refractivity contribution in [2.75, 3.05) is 18.8 Å². The first-order chi connectivity index (χ1) is 11.8. The third-order valence-corrected chi connectivity index (χ3v) is 5.12. The molecule has 134 valence electrons. The molecule has 0 aliphatic carbocycles. The average Bonchev–Trinajstić information content (AvgIpc) is 3.03. The number of hydrogen-bond donors (Lipinski definition) is 1. The second-order valence-electron chi connectivity index (χ2n) is 6.19. The largest absolute Gasteiger partial charge is 0.337 e. The number of para-hydroxylation sites is 1. The van der Waals surface area contributed by atoms with Gasteiger partial charge in [0.15, 0.2) is 5.69 Å². The average molecular weight is 366 g/mol. The summed E-state index contributed by atoms with van der Waals surface area (Å²) in [6.07, 6.45) is 2.95. The van der Waals surface area contributed by atoms with Gasteiger partial charge in [0.25, 0.3) is 5.91 Å². The fraction of sp³-hybridized carbons (Fsp3) is 0.375. The van der Waals surface area contributed by atoms with Gasteiger partial charge in [-0.05, 0) is 37.0 Å². The molecule has 2 aromatic rings. The number of piperidine rings is 1. The number of nitrogens with two attached hydrogens (primary N) is 1. The second kappa shape index (κ2) is 6.93. The number of likely N-dealkylation sites (tertiary alicyclic amines) is 1. The zero-order valence-corrected chi connectivity index (χ0v) is 14.3. The Morgan fingerprint density at radius 2 is 2.08 bits per heavy atom. The minimum Gasteiger partial charge on any atom is -0.337 e. The molecule has 3 rings (SSSR count). The molecule has 0 bridgehead atoms. The van der Waals surface area contributed by atoms with Gasteiger partial charge in [0.2, 0.25) is 10.0 Å². The molecule has 0 radical (unpaired) electrons. The van der Waals surface area contributed by atoms with Crippen molar-refractivity contribution in [3.05, 3.63) is 48.0 Å². The fourth-order valence-corrected chi connectivity index (χ4v) is 4.01. The Hall–Kier alpha value is -2.26. The number of amides is 1. The summed E-state index contributed by atoms with van der Waals surface area (Å²) in [7, 11) is -3.57. The van der Waals surface area contributed by atoms with Gasteiger partial charge in [-0.2, -0.15) is 5.10 Å². The molecule has 2 N–H and O–H groups in total. The molecule has 9 heteroatoms. The molecule has 1 saturated heterocycles. The number of primary sulfonamides is 1. The van der Waals surface area contributed by atoms with E-state index in [-0.39, 0.29) is 29.0 Å². The predicted octanol–water partition coefficient (Wildman–Crippen LogP) is 1.15. The first kappa shape index (κ1) is 17.6. The number of carbonyl (C=O) groups is 1. The summed E-state index contributed by atoms with van der Waals surface area (Å²) in [5, 5.41) is 9.26. The number of nitrogens with zero attached hydrogens (tertiary/aromatic N) is 3. The smallest absolute Gasteiger partial charge is 0.274 e. The van der Waals surface area contributed by atoms with Crippen LogP contribution in [-0.2, 0) is 10.0 Å². The Kier molecular flexibility index (Phi) is 4.87. The lowest BCUT2D eigenvalue weighted by molar-refractivity contribution is 0.0678. The molecule has 1 aliphatic heterocycles. The Labute approximate surface area is 145 Å². The van der Waals surface area contributed by atoms with Gasteiger partial charge in [-0.1, -0.05) is 12.1 Å². The molecular weight excluding hydrogens is 347 g/mol. The van der Waals surface area contributed by atoms with Crippen molar-refractivity contribution in [1.29, 1.82) is 0 Å². The van der Waals surface area contributed by atoms with Crippen molar-refractivity contribution in [2.24, 2.45) is 11.1 Å². The molecule has 7 nitrogen and oxygen atoms in total. The highest BCUT2D eigenvalue weighted by Gasteiger charge is 2.28. The van der Waals surface area contributed by atoms with Crippen LogP contribution in [0.1, 0.15) is 23.3 Å². The lowest BCUT2D eigenvalue weighted by Gasteiger charge is -2.31. The maximum absolute atomic E-state index is 13.8. The number of benzene rings is 1. The van der Waals surface area contributed by atoms with E-state index in [0.29, 0.717) is 25.9 Å². The van der Waals surface area contributed by atoms with Crippen molar-refractivity contribution < 1.29 is 17.6 Å². The van der Waals surface area contributed by atoms with Gasteiger partial charge in [-0.3, -0.25) is 4.79 Å². The predicted molar refractivity (Wildman–Crippen MR) is 90.1 cm³/mol. The Morgan fingerprint density at radius 3 is 2.80 bits per heavy atom. The summed E-state index contributed by atoms with van der Waals surface area (Å²) in [6.45, 7) is 0.855. The van der Waals surface area contributed by atoms with Crippen molar-refractivity contribution in [3.8, 4) is 5.69 Å². The standard InChI is InChI=1S/C16H19FN4O3S/c17-13-5-1-2-6-15(13)21-9-7-14(19-21)16(22)20-8-3-4-12(10-20)11-25(18,23)24/h1-2,5-7,9,12H,3-4,8,10-11H2,(H2,18,23,24). The number of hydrogen-bond acceptors (Lipinski definition) is 4. The first-order valence-electron chi connectivity index (χ1n) is 7.94. The van der Waals surface area contributed by atoms with Gasteiger partial charge in [-0.15, -0.1) is 0 Å². The molecule has 0 spiro atoms. The normalized spacial score (nSPS) is 18.3. The Balaban J connectivity index is 1.74. The third kappa shape index (κ3) is 4.23. The summed E-state index contributed by atoms with van der Waals surface area (Å²) in [6, 6.07) is 7.68. The number of rotatable bonds is 4. The second-order valence-corrected chi connectivity index (χ2v) is 7.84. The summed E-state index contributed by atoms with van der Waals surface area (Å²) in [5.41, 5.74) is 0.451. The SMILES string of the molecule is NS(=O)(=O)CC1CCCN(C(=O)c2ccn(-c3ccccc3F)n2)C1. The van der Waals surface area contributed by atoms with Gasteiger partial charge in [0, 0.05) is 19.3 Å². The molecule has 1 fully saturated rings. The zero-order valence-electron chi connectivity index (χ0n) is 13.5. The van der Waals surface area contributed by atoms with Crippen LogP contribution < -0.4 is 5.14 Å². The molecule has 1 aliphatic rings. The maximum atomic E-state index is 13.8. The van der Waals surface area contributed by atoms with Crippen LogP contribution in [0.3, 0.4) is 0 Å². The highest BCUT2D eigenvalue weighted by atomic mass is 32.2. The molecule has 25 heavy (non-hydrogen) atoms. The highest BCUT2D eigenvalue weighted by molar-refractivity contribution is 7.89. The van der Waals surface area contributed by atoms with Gasteiger partial charge < -0.3 is 4.90 Å². The van der Waals surface area contributed by atoms with E-state index in [4.69, 9.17) is 5.14 Å². The van der Waals surface area contributed by atoms with Crippen molar-refractivity contribution >= 4 is 15.9 Å². The molecule has 2 heterocycles. The maximum Gasteiger partial charge on any atom is 0.274 e. The summed E-state index contributed by atoms with van der Waals surface area (Å²) in [5.74, 6) is -1.05. The van der Waals surface area contributed by atoms with Gasteiger partial charge >= 0.3 is 0 Å². The zero-order chi connectivity index (χ0) is 18.0. The van der Waals surface area contributed by atoms with Crippen molar-refractivity contribution in [2.45, 2.75) is 12.8 Å². The summed E-state index contributed by atoms with van der Waals surface area (Å²) < 4.78 is 37.7. The lowest BCUT2D eigenvalue weighted by Crippen LogP contribution is -2.42. The minimum atomic E-state index is -3.57. The van der Waals surface area contributed by atoms with E-state index in [1.807, 2.05) is 0 Å². The quantitative estimate of drug-likeness (QED) is 0.878. The van der Waals surface area contributed by atoms with Crippen molar-refractivity contribution in [3.63, 3.8) is 0 Å². The molecule has 1 amide bonds. The Bertz CT molecular complexity index is 881. The molecule has 1 atom stereocenters. The van der Waals surface area contributed by atoms with Crippen LogP contribution >= 0.6 is 0 Å². The topological polar surface area (TPSA) is 98.3 Å². The van der Waals surface area contributed by atoms with Crippen LogP contribution in [0.4, 0.5) is 4.39 Å². The van der Waals surface area contributed by atoms with Crippen LogP contribution in [0.5, 0.6) is 0 Å². The fourth-order valence-electron chi connectivity index (χ4n) is 3.09. The van der Waals surface area contributed by atoms with Crippen LogP contribution in [-0.4, -0.2) is 47.8 Å². The lowest BCUT2D eigenvalue weighted by atomic mass is 10.00. The summed E-state index contributed by atoms with van der Waals surface area (Å²) >= 11 is 0. The monoisotopic (exact) mass is 366 g/mol. The Morgan fingerprint density at radius 1 is 1.32 bits per heavy atom. The highest BCUT2D eigenvalue weighted by Crippen LogP contribution is 2.20. The van der Waals surface area contributed by atoms with Crippen LogP contribution in [0.25, 0.3) is 5.69 Å². The van der Waals surface area contributed by atoms with Crippen LogP contribution in [0.15, 0.2) is 36.5 Å². The van der Waals surface area contributed by atoms with E-state index >= 15 is 0 Å². The van der Waals surface area contributed by atoms with E-state index in [9.17, 15) is 17.6 Å². The molecule has 0 saturated carbocycles. The molecule has 1 aromatic heterocycles. The van der Waals surface area contributed by atoms with E-state index in [1.54, 1.807) is 23.1 Å². The van der Waals surface area contributed by atoms with E-state index in [1.165, 1.54) is 23.0 Å². The number of sulfonamides is 1. The molecular formula is C16H19FN4O3S. The third-order valence-electron chi connectivity index (χ3n) is 4.18. The summed E-state index contributed by atoms with van der Waals surface area (Å²) in [4.78, 5) is 14.2. The van der Waals surface area contributed by atoms with Crippen molar-refractivity contribution in [1.82, 2.24) is 14.7 Å². The van der Waals surface area contributed by atoms with E-state index in [0.717, 1.165) is 0 Å². The first-order valence-corrected chi connectivity index (χ1v) is 9.65. The number of halogens is 1. The van der Waals surface area contributed by atoms with Gasteiger partial charge in [0.1, 0.15) is 11.5 Å². The van der Waals surface area contributed by atoms with Crippen LogP contribution in [0.2, 0.25) is 0 Å². The molecule has 1 aromatic carbocycles. The van der Waals surface area contributed by atoms with Gasteiger partial charge in [0.05, 0.1) is 5.75 Å². The van der Waals surface area contributed by atoms with Gasteiger partial charge in [-0.25, -0.2) is 22.6 Å². The van der Waals surface area contributed by atoms with Crippen LogP contribution in [0, 0.1) is 11.7 Å². The minimum absolute atomic E-state index is 0.138. The van der Waals surface area contributed by atoms with E-state index < -0.39 is 15.8 Å². The van der Waals surface area contributed by atoms with E-state index in [2.05, 4.69) is 5.10 Å². The molecule has 1 unspecified atom stereocenters.